The number of piperazine rings is 1. The van der Waals surface area contributed by atoms with Crippen molar-refractivity contribution < 1.29 is 0 Å². The number of halogens is 1. The Morgan fingerprint density at radius 1 is 1.15 bits per heavy atom. The molecule has 0 unspecified atom stereocenters. The molecule has 0 atom stereocenters. The van der Waals surface area contributed by atoms with Crippen molar-refractivity contribution in [1.29, 1.82) is 0 Å². The molecule has 0 amide bonds. The third kappa shape index (κ3) is 4.32. The first-order valence-corrected chi connectivity index (χ1v) is 10.00. The second-order valence-electron chi connectivity index (χ2n) is 6.72. The van der Waals surface area contributed by atoms with Gasteiger partial charge in [0.1, 0.15) is 0 Å². The summed E-state index contributed by atoms with van der Waals surface area (Å²) in [7, 11) is 2.18. The maximum atomic E-state index is 5.88. The van der Waals surface area contributed by atoms with E-state index in [1.54, 1.807) is 0 Å². The Labute approximate surface area is 162 Å². The lowest BCUT2D eigenvalue weighted by molar-refractivity contribution is 0.147. The quantitative estimate of drug-likeness (QED) is 0.723. The van der Waals surface area contributed by atoms with Gasteiger partial charge < -0.3 is 10.2 Å². The molecule has 1 N–H and O–H groups in total. The van der Waals surface area contributed by atoms with E-state index in [2.05, 4.69) is 57.5 Å². The molecule has 0 spiro atoms. The van der Waals surface area contributed by atoms with E-state index in [1.807, 2.05) is 6.20 Å². The molecule has 1 aromatic carbocycles. The topological polar surface area (TPSA) is 44.3 Å². The minimum Gasteiger partial charge on any atom is -0.380 e. The lowest BCUT2D eigenvalue weighted by Crippen LogP contribution is -2.43. The van der Waals surface area contributed by atoms with Crippen molar-refractivity contribution in [2.75, 3.05) is 38.5 Å². The SMILES string of the molecule is CN1CCN(Cc2ccc3cc(NCc4cnc(Cl)s4)ccc3n2)CC1. The molecule has 7 heteroatoms. The molecule has 0 radical (unpaired) electrons. The first kappa shape index (κ1) is 17.7. The number of likely N-dealkylation sites (N-methyl/N-ethyl adjacent to an activating group) is 1. The molecule has 4 rings (SSSR count). The van der Waals surface area contributed by atoms with E-state index in [0.29, 0.717) is 4.47 Å². The smallest absolute Gasteiger partial charge is 0.183 e. The summed E-state index contributed by atoms with van der Waals surface area (Å²) in [6, 6.07) is 10.6. The Bertz CT molecular complexity index is 889. The van der Waals surface area contributed by atoms with Crippen LogP contribution in [-0.2, 0) is 13.1 Å². The number of hydrogen-bond acceptors (Lipinski definition) is 6. The minimum absolute atomic E-state index is 0.581. The summed E-state index contributed by atoms with van der Waals surface area (Å²) in [4.78, 5) is 14.9. The Kier molecular flexibility index (Phi) is 5.36. The van der Waals surface area contributed by atoms with Gasteiger partial charge in [0.05, 0.1) is 17.8 Å². The van der Waals surface area contributed by atoms with Crippen LogP contribution in [0.1, 0.15) is 10.6 Å². The highest BCUT2D eigenvalue weighted by Crippen LogP contribution is 2.22. The van der Waals surface area contributed by atoms with Crippen LogP contribution in [0.15, 0.2) is 36.5 Å². The van der Waals surface area contributed by atoms with Crippen LogP contribution in [0.3, 0.4) is 0 Å². The molecular weight excluding hydrogens is 366 g/mol. The van der Waals surface area contributed by atoms with Crippen molar-refractivity contribution in [2.45, 2.75) is 13.1 Å². The first-order valence-electron chi connectivity index (χ1n) is 8.80. The highest BCUT2D eigenvalue weighted by molar-refractivity contribution is 7.15. The number of anilines is 1. The van der Waals surface area contributed by atoms with Gasteiger partial charge in [-0.25, -0.2) is 4.98 Å². The van der Waals surface area contributed by atoms with Crippen LogP contribution in [0.5, 0.6) is 0 Å². The van der Waals surface area contributed by atoms with Crippen LogP contribution >= 0.6 is 22.9 Å². The summed E-state index contributed by atoms with van der Waals surface area (Å²) in [5, 5.41) is 4.57. The fourth-order valence-electron chi connectivity index (χ4n) is 3.16. The average molecular weight is 388 g/mol. The molecule has 2 aromatic heterocycles. The number of nitrogens with one attached hydrogen (secondary N) is 1. The van der Waals surface area contributed by atoms with Gasteiger partial charge in [0.25, 0.3) is 0 Å². The average Bonchev–Trinajstić information content (AvgIpc) is 3.07. The summed E-state index contributed by atoms with van der Waals surface area (Å²) in [6.07, 6.45) is 1.81. The van der Waals surface area contributed by atoms with Crippen LogP contribution in [0, 0.1) is 0 Å². The Morgan fingerprint density at radius 2 is 2.00 bits per heavy atom. The van der Waals surface area contributed by atoms with Gasteiger partial charge >= 0.3 is 0 Å². The number of hydrogen-bond donors (Lipinski definition) is 1. The standard InChI is InChI=1S/C19H22ClN5S/c1-24-6-8-25(9-7-24)13-16-3-2-14-10-15(4-5-18(14)23-16)21-11-17-12-22-19(20)26-17/h2-5,10,12,21H,6-9,11,13H2,1H3. The number of pyridine rings is 1. The zero-order chi connectivity index (χ0) is 17.9. The Balaban J connectivity index is 1.42. The largest absolute Gasteiger partial charge is 0.380 e. The summed E-state index contributed by atoms with van der Waals surface area (Å²) < 4.78 is 0.581. The minimum atomic E-state index is 0.581. The predicted octanol–water partition coefficient (Wildman–Crippen LogP) is 3.70. The first-order chi connectivity index (χ1) is 12.7. The van der Waals surface area contributed by atoms with Crippen LogP contribution in [0.2, 0.25) is 4.47 Å². The molecule has 3 aromatic rings. The van der Waals surface area contributed by atoms with Crippen molar-refractivity contribution in [2.24, 2.45) is 0 Å². The number of rotatable bonds is 5. The van der Waals surface area contributed by atoms with E-state index >= 15 is 0 Å². The molecule has 0 bridgehead atoms. The van der Waals surface area contributed by atoms with E-state index in [4.69, 9.17) is 16.6 Å². The molecule has 1 aliphatic rings. The monoisotopic (exact) mass is 387 g/mol. The van der Waals surface area contributed by atoms with Gasteiger partial charge in [-0.2, -0.15) is 0 Å². The van der Waals surface area contributed by atoms with Crippen molar-refractivity contribution in [1.82, 2.24) is 19.8 Å². The fourth-order valence-corrected chi connectivity index (χ4v) is 4.07. The number of thiazole rings is 1. The fraction of sp³-hybridized carbons (Fsp3) is 0.368. The van der Waals surface area contributed by atoms with Crippen molar-refractivity contribution in [3.8, 4) is 0 Å². The highest BCUT2D eigenvalue weighted by Gasteiger charge is 2.14. The van der Waals surface area contributed by atoms with Crippen LogP contribution < -0.4 is 5.32 Å². The molecule has 1 saturated heterocycles. The van der Waals surface area contributed by atoms with Gasteiger partial charge in [0, 0.05) is 54.9 Å². The van der Waals surface area contributed by atoms with Gasteiger partial charge in [-0.3, -0.25) is 9.88 Å². The molecule has 136 valence electrons. The third-order valence-electron chi connectivity index (χ3n) is 4.72. The lowest BCUT2D eigenvalue weighted by atomic mass is 10.1. The molecule has 3 heterocycles. The highest BCUT2D eigenvalue weighted by atomic mass is 35.5. The van der Waals surface area contributed by atoms with Gasteiger partial charge in [0.15, 0.2) is 4.47 Å². The lowest BCUT2D eigenvalue weighted by Gasteiger charge is -2.32. The molecule has 5 nitrogen and oxygen atoms in total. The number of nitrogens with zero attached hydrogens (tertiary/aromatic N) is 4. The van der Waals surface area contributed by atoms with E-state index in [-0.39, 0.29) is 0 Å². The zero-order valence-corrected chi connectivity index (χ0v) is 16.4. The summed E-state index contributed by atoms with van der Waals surface area (Å²) in [5.74, 6) is 0. The maximum Gasteiger partial charge on any atom is 0.183 e. The molecular formula is C19H22ClN5S. The second-order valence-corrected chi connectivity index (χ2v) is 8.42. The summed E-state index contributed by atoms with van der Waals surface area (Å²) in [6.45, 7) is 6.14. The van der Waals surface area contributed by atoms with Crippen LogP contribution in [0.25, 0.3) is 10.9 Å². The third-order valence-corrected chi connectivity index (χ3v) is 5.84. The molecule has 1 fully saturated rings. The van der Waals surface area contributed by atoms with Crippen molar-refractivity contribution in [3.05, 3.63) is 51.6 Å². The Hall–Kier alpha value is -1.73. The van der Waals surface area contributed by atoms with Crippen molar-refractivity contribution >= 4 is 39.5 Å². The van der Waals surface area contributed by atoms with Gasteiger partial charge in [-0.05, 0) is 31.3 Å². The van der Waals surface area contributed by atoms with E-state index < -0.39 is 0 Å². The van der Waals surface area contributed by atoms with E-state index in [9.17, 15) is 0 Å². The van der Waals surface area contributed by atoms with Crippen LogP contribution in [0.4, 0.5) is 5.69 Å². The van der Waals surface area contributed by atoms with E-state index in [1.165, 1.54) is 11.3 Å². The second kappa shape index (κ2) is 7.88. The van der Waals surface area contributed by atoms with Crippen LogP contribution in [-0.4, -0.2) is 53.0 Å². The maximum absolute atomic E-state index is 5.88. The zero-order valence-electron chi connectivity index (χ0n) is 14.8. The van der Waals surface area contributed by atoms with E-state index in [0.717, 1.165) is 66.4 Å². The van der Waals surface area contributed by atoms with Gasteiger partial charge in [-0.15, -0.1) is 11.3 Å². The Morgan fingerprint density at radius 3 is 2.77 bits per heavy atom. The van der Waals surface area contributed by atoms with Gasteiger partial charge in [-0.1, -0.05) is 17.7 Å². The number of benzene rings is 1. The molecule has 0 saturated carbocycles. The molecule has 0 aliphatic carbocycles. The van der Waals surface area contributed by atoms with Gasteiger partial charge in [0.2, 0.25) is 0 Å². The summed E-state index contributed by atoms with van der Waals surface area (Å²) >= 11 is 7.38. The predicted molar refractivity (Wildman–Crippen MR) is 109 cm³/mol. The normalized spacial score (nSPS) is 16.2. The van der Waals surface area contributed by atoms with Crippen molar-refractivity contribution in [3.63, 3.8) is 0 Å². The summed E-state index contributed by atoms with van der Waals surface area (Å²) in [5.41, 5.74) is 3.26. The molecule has 26 heavy (non-hydrogen) atoms. The number of aromatic nitrogens is 2. The number of fused-ring (bicyclic) bond motifs is 1. The molecule has 1 aliphatic heterocycles.